The Labute approximate surface area is 146 Å². The summed E-state index contributed by atoms with van der Waals surface area (Å²) in [7, 11) is -6.09. The van der Waals surface area contributed by atoms with Gasteiger partial charge in [-0.2, -0.15) is 13.2 Å². The van der Waals surface area contributed by atoms with Crippen LogP contribution in [0.4, 0.5) is 13.2 Å². The van der Waals surface area contributed by atoms with Crippen LogP contribution in [0.2, 0.25) is 0 Å². The lowest BCUT2D eigenvalue weighted by Gasteiger charge is -2.28. The average molecular weight is 380 g/mol. The molecule has 0 spiro atoms. The highest BCUT2D eigenvalue weighted by Gasteiger charge is 2.37. The molecule has 1 aromatic rings. The van der Waals surface area contributed by atoms with E-state index in [0.717, 1.165) is 12.3 Å². The van der Waals surface area contributed by atoms with Crippen molar-refractivity contribution in [2.45, 2.75) is 57.6 Å². The monoisotopic (exact) mass is 380 g/mol. The van der Waals surface area contributed by atoms with E-state index in [1.54, 1.807) is 0 Å². The minimum absolute atomic E-state index is 0.0723. The predicted molar refractivity (Wildman–Crippen MR) is 87.9 cm³/mol. The summed E-state index contributed by atoms with van der Waals surface area (Å²) in [6.45, 7) is 11.0. The molecule has 1 aliphatic rings. The molecule has 0 fully saturated rings. The number of halogens is 3. The van der Waals surface area contributed by atoms with E-state index in [1.807, 2.05) is 0 Å². The lowest BCUT2D eigenvalue weighted by molar-refractivity contribution is -0.547. The maximum atomic E-state index is 10.7. The van der Waals surface area contributed by atoms with Gasteiger partial charge in [0, 0.05) is 6.42 Å². The second kappa shape index (κ2) is 6.95. The van der Waals surface area contributed by atoms with Gasteiger partial charge in [-0.25, -0.2) is 8.42 Å². The van der Waals surface area contributed by atoms with Crippen molar-refractivity contribution in [3.63, 3.8) is 0 Å². The Bertz CT molecular complexity index is 749. The molecule has 25 heavy (non-hydrogen) atoms. The topological polar surface area (TPSA) is 83.2 Å². The van der Waals surface area contributed by atoms with Crippen molar-refractivity contribution in [1.29, 1.82) is 0 Å². The molecule has 0 atom stereocenters. The molecule has 1 aliphatic heterocycles. The fourth-order valence-corrected chi connectivity index (χ4v) is 2.32. The van der Waals surface area contributed by atoms with E-state index in [-0.39, 0.29) is 11.1 Å². The Morgan fingerprint density at radius 2 is 1.64 bits per heavy atom. The molecule has 0 aliphatic carbocycles. The number of fused-ring (bicyclic) bond motifs is 1. The van der Waals surface area contributed by atoms with Gasteiger partial charge in [-0.1, -0.05) is 18.2 Å². The van der Waals surface area contributed by atoms with Crippen LogP contribution in [0.5, 0.6) is 0 Å². The third kappa shape index (κ3) is 6.66. The summed E-state index contributed by atoms with van der Waals surface area (Å²) in [5, 5.41) is 3.58. The van der Waals surface area contributed by atoms with Gasteiger partial charge in [0.15, 0.2) is 10.1 Å². The minimum Gasteiger partial charge on any atom is -0.741 e. The second-order valence-electron chi connectivity index (χ2n) is 7.49. The van der Waals surface area contributed by atoms with Crippen LogP contribution in [0.3, 0.4) is 0 Å². The number of hydrogen-bond acceptors (Lipinski definition) is 4. The Morgan fingerprint density at radius 1 is 1.16 bits per heavy atom. The molecule has 2 rings (SSSR count). The molecule has 2 N–H and O–H groups in total. The smallest absolute Gasteiger partial charge is 0.485 e. The van der Waals surface area contributed by atoms with Gasteiger partial charge < -0.3 is 4.55 Å². The van der Waals surface area contributed by atoms with Gasteiger partial charge in [-0.3, -0.25) is 10.3 Å². The maximum absolute atomic E-state index is 10.7. The first-order valence-electron chi connectivity index (χ1n) is 7.56. The van der Waals surface area contributed by atoms with Crippen molar-refractivity contribution in [3.8, 4) is 0 Å². The fraction of sp³-hybridized carbons (Fsp3) is 0.562. The van der Waals surface area contributed by atoms with Crippen LogP contribution < -0.4 is 10.3 Å². The highest BCUT2D eigenvalue weighted by molar-refractivity contribution is 7.86. The highest BCUT2D eigenvalue weighted by Crippen LogP contribution is 2.20. The van der Waals surface area contributed by atoms with E-state index in [4.69, 9.17) is 13.0 Å². The average Bonchev–Trinajstić information content (AvgIpc) is 2.33. The lowest BCUT2D eigenvalue weighted by atomic mass is 9.88. The maximum Gasteiger partial charge on any atom is 0.485 e. The molecule has 1 aromatic carbocycles. The van der Waals surface area contributed by atoms with Crippen LogP contribution in [-0.4, -0.2) is 35.4 Å². The number of nitrogens with one attached hydrogen (secondary N) is 2. The molecule has 0 radical (unpaired) electrons. The third-order valence-electron chi connectivity index (χ3n) is 3.17. The molecule has 9 heteroatoms. The zero-order valence-corrected chi connectivity index (χ0v) is 15.6. The first kappa shape index (κ1) is 21.4. The largest absolute Gasteiger partial charge is 0.741 e. The molecular weight excluding hydrogens is 357 g/mol. The summed E-state index contributed by atoms with van der Waals surface area (Å²) < 4.78 is 58.9. The molecular formula is C16H23F3N2O3S. The zero-order valence-electron chi connectivity index (χ0n) is 14.8. The molecule has 5 nitrogen and oxygen atoms in total. The summed E-state index contributed by atoms with van der Waals surface area (Å²) in [6.07, 6.45) is 1.07. The molecule has 0 unspecified atom stereocenters. The van der Waals surface area contributed by atoms with Crippen molar-refractivity contribution >= 4 is 16.0 Å². The Balaban J connectivity index is 0.000000333. The molecule has 0 bridgehead atoms. The van der Waals surface area contributed by atoms with Gasteiger partial charge in [0.25, 0.3) is 5.84 Å². The van der Waals surface area contributed by atoms with Crippen LogP contribution in [0.15, 0.2) is 24.3 Å². The number of rotatable bonds is 0. The predicted octanol–water partition coefficient (Wildman–Crippen LogP) is 1.29. The molecule has 0 amide bonds. The van der Waals surface area contributed by atoms with Crippen LogP contribution in [-0.2, 0) is 16.5 Å². The highest BCUT2D eigenvalue weighted by atomic mass is 32.2. The normalized spacial score (nSPS) is 16.9. The second-order valence-corrected chi connectivity index (χ2v) is 8.86. The summed E-state index contributed by atoms with van der Waals surface area (Å²) in [4.78, 5) is 3.61. The first-order valence-corrected chi connectivity index (χ1v) is 8.96. The van der Waals surface area contributed by atoms with Crippen LogP contribution >= 0.6 is 0 Å². The summed E-state index contributed by atoms with van der Waals surface area (Å²) in [5.41, 5.74) is -2.73. The van der Waals surface area contributed by atoms with Gasteiger partial charge in [-0.15, -0.1) is 0 Å². The van der Waals surface area contributed by atoms with Crippen molar-refractivity contribution in [3.05, 3.63) is 35.4 Å². The van der Waals surface area contributed by atoms with Gasteiger partial charge in [0.1, 0.15) is 5.54 Å². The zero-order chi connectivity index (χ0) is 19.7. The molecule has 0 aromatic heterocycles. The van der Waals surface area contributed by atoms with Gasteiger partial charge in [0.05, 0.1) is 11.1 Å². The molecule has 0 saturated carbocycles. The number of benzene rings is 1. The van der Waals surface area contributed by atoms with E-state index in [9.17, 15) is 13.2 Å². The quantitative estimate of drug-likeness (QED) is 0.525. The number of amidine groups is 1. The van der Waals surface area contributed by atoms with E-state index in [0.29, 0.717) is 0 Å². The van der Waals surface area contributed by atoms with Crippen LogP contribution in [0.1, 0.15) is 45.7 Å². The summed E-state index contributed by atoms with van der Waals surface area (Å²) in [6, 6.07) is 8.63. The standard InChI is InChI=1S/C15H22N2.CHF3O3S/c1-14(2,3)16-13-12-9-7-6-8-11(12)10-15(4,5)17-13;2-1(3,4)8(5,6)7/h6-9H,10H2,1-5H3,(H,16,17);(H,5,6,7). The number of hydrogen-bond donors (Lipinski definition) is 2. The molecule has 1 heterocycles. The van der Waals surface area contributed by atoms with Crippen molar-refractivity contribution in [2.75, 3.05) is 0 Å². The van der Waals surface area contributed by atoms with Crippen LogP contribution in [0, 0.1) is 0 Å². The van der Waals surface area contributed by atoms with Gasteiger partial charge >= 0.3 is 5.51 Å². The molecule has 142 valence electrons. The first-order chi connectivity index (χ1) is 11.0. The number of alkyl halides is 3. The Morgan fingerprint density at radius 3 is 2.08 bits per heavy atom. The Kier molecular flexibility index (Phi) is 5.96. The van der Waals surface area contributed by atoms with Crippen molar-refractivity contribution in [1.82, 2.24) is 5.32 Å². The van der Waals surface area contributed by atoms with Gasteiger partial charge in [-0.05, 0) is 46.2 Å². The van der Waals surface area contributed by atoms with E-state index < -0.39 is 15.6 Å². The van der Waals surface area contributed by atoms with E-state index in [2.05, 4.69) is 69.2 Å². The van der Waals surface area contributed by atoms with E-state index in [1.165, 1.54) is 11.1 Å². The third-order valence-corrected chi connectivity index (χ3v) is 3.73. The fourth-order valence-electron chi connectivity index (χ4n) is 2.32. The Hall–Kier alpha value is -1.61. The minimum atomic E-state index is -6.09. The van der Waals surface area contributed by atoms with E-state index >= 15 is 0 Å². The molecule has 0 saturated heterocycles. The lowest BCUT2D eigenvalue weighted by Crippen LogP contribution is -2.90. The van der Waals surface area contributed by atoms with Crippen molar-refractivity contribution in [2.24, 2.45) is 0 Å². The van der Waals surface area contributed by atoms with Gasteiger partial charge in [0.2, 0.25) is 0 Å². The summed E-state index contributed by atoms with van der Waals surface area (Å²) in [5.74, 6) is 1.16. The van der Waals surface area contributed by atoms with Crippen LogP contribution in [0.25, 0.3) is 0 Å². The summed E-state index contributed by atoms with van der Waals surface area (Å²) >= 11 is 0. The SMILES string of the molecule is CC(C)(C)NC1=[NH+]C(C)(C)Cc2ccccc21.O=S(=O)([O-])C(F)(F)F. The van der Waals surface area contributed by atoms with Crippen molar-refractivity contribution < 1.29 is 31.1 Å².